The maximum absolute atomic E-state index is 11.5. The Morgan fingerprint density at radius 1 is 1.69 bits per heavy atom. The molecule has 1 rings (SSSR count). The molecule has 1 fully saturated rings. The largest absolute Gasteiger partial charge is 0.384 e. The summed E-state index contributed by atoms with van der Waals surface area (Å²) in [4.78, 5) is 11.5. The van der Waals surface area contributed by atoms with Crippen molar-refractivity contribution in [1.82, 2.24) is 5.32 Å². The molecule has 0 aliphatic heterocycles. The molecule has 0 aromatic heterocycles. The predicted molar refractivity (Wildman–Crippen MR) is 67.6 cm³/mol. The van der Waals surface area contributed by atoms with Gasteiger partial charge in [0.05, 0.1) is 12.1 Å². The van der Waals surface area contributed by atoms with Crippen LogP contribution in [-0.4, -0.2) is 43.2 Å². The lowest BCUT2D eigenvalue weighted by Crippen LogP contribution is -2.57. The van der Waals surface area contributed by atoms with Gasteiger partial charge in [0.15, 0.2) is 0 Å². The Balaban J connectivity index is 2.48. The fourth-order valence-corrected chi connectivity index (χ4v) is 3.57. The average molecular weight is 246 g/mol. The van der Waals surface area contributed by atoms with Gasteiger partial charge in [0.25, 0.3) is 0 Å². The van der Waals surface area contributed by atoms with Crippen LogP contribution >= 0.6 is 11.8 Å². The third-order valence-corrected chi connectivity index (χ3v) is 4.57. The Labute approximate surface area is 102 Å². The molecule has 5 heteroatoms. The first-order valence-electron chi connectivity index (χ1n) is 5.74. The average Bonchev–Trinajstić information content (AvgIpc) is 2.29. The molecule has 0 spiro atoms. The van der Waals surface area contributed by atoms with Crippen LogP contribution in [-0.2, 0) is 9.53 Å². The number of thioether (sulfide) groups is 1. The van der Waals surface area contributed by atoms with Crippen molar-refractivity contribution in [3.05, 3.63) is 0 Å². The van der Waals surface area contributed by atoms with Gasteiger partial charge in [-0.3, -0.25) is 4.79 Å². The standard InChI is InChI=1S/C11H22N2O2S/c1-13-11(10(12)14)5-3-4-9(8-11)16-7-6-15-2/h9,13H,3-8H2,1-2H3,(H2,12,14). The molecule has 1 saturated carbocycles. The Morgan fingerprint density at radius 3 is 3.00 bits per heavy atom. The first kappa shape index (κ1) is 13.8. The molecule has 1 amide bonds. The number of hydrogen-bond acceptors (Lipinski definition) is 4. The van der Waals surface area contributed by atoms with Crippen LogP contribution in [0.2, 0.25) is 0 Å². The van der Waals surface area contributed by atoms with E-state index >= 15 is 0 Å². The van der Waals surface area contributed by atoms with Gasteiger partial charge in [0, 0.05) is 18.1 Å². The summed E-state index contributed by atoms with van der Waals surface area (Å²) in [6.07, 6.45) is 3.94. The first-order valence-corrected chi connectivity index (χ1v) is 6.79. The highest BCUT2D eigenvalue weighted by molar-refractivity contribution is 7.99. The zero-order chi connectivity index (χ0) is 12.0. The molecule has 0 aromatic rings. The molecule has 0 bridgehead atoms. The van der Waals surface area contributed by atoms with Gasteiger partial charge in [0.1, 0.15) is 0 Å². The summed E-state index contributed by atoms with van der Waals surface area (Å²) in [5.74, 6) is 0.770. The number of carbonyl (C=O) groups excluding carboxylic acids is 1. The van der Waals surface area contributed by atoms with Crippen molar-refractivity contribution in [3.63, 3.8) is 0 Å². The second-order valence-electron chi connectivity index (χ2n) is 4.28. The summed E-state index contributed by atoms with van der Waals surface area (Å²) in [5.41, 5.74) is 5.01. The molecule has 0 aromatic carbocycles. The number of rotatable bonds is 6. The van der Waals surface area contributed by atoms with Gasteiger partial charge < -0.3 is 15.8 Å². The van der Waals surface area contributed by atoms with Gasteiger partial charge in [0.2, 0.25) is 5.91 Å². The van der Waals surface area contributed by atoms with Gasteiger partial charge in [-0.25, -0.2) is 0 Å². The summed E-state index contributed by atoms with van der Waals surface area (Å²) in [7, 11) is 3.54. The summed E-state index contributed by atoms with van der Waals surface area (Å²) in [5, 5.41) is 3.64. The molecule has 0 radical (unpaired) electrons. The van der Waals surface area contributed by atoms with Gasteiger partial charge in [-0.1, -0.05) is 0 Å². The van der Waals surface area contributed by atoms with Gasteiger partial charge in [-0.05, 0) is 32.7 Å². The number of nitrogens with one attached hydrogen (secondary N) is 1. The number of amides is 1. The maximum Gasteiger partial charge on any atom is 0.237 e. The van der Waals surface area contributed by atoms with Crippen LogP contribution < -0.4 is 11.1 Å². The molecular weight excluding hydrogens is 224 g/mol. The minimum Gasteiger partial charge on any atom is -0.384 e. The number of ether oxygens (including phenoxy) is 1. The van der Waals surface area contributed by atoms with Crippen molar-refractivity contribution >= 4 is 17.7 Å². The molecule has 1 aliphatic carbocycles. The molecule has 0 heterocycles. The van der Waals surface area contributed by atoms with Gasteiger partial charge in [-0.2, -0.15) is 11.8 Å². The highest BCUT2D eigenvalue weighted by atomic mass is 32.2. The number of carbonyl (C=O) groups is 1. The van der Waals surface area contributed by atoms with E-state index in [1.807, 2.05) is 18.8 Å². The zero-order valence-electron chi connectivity index (χ0n) is 10.1. The molecule has 4 nitrogen and oxygen atoms in total. The second kappa shape index (κ2) is 6.47. The molecule has 2 atom stereocenters. The second-order valence-corrected chi connectivity index (χ2v) is 5.69. The Kier molecular flexibility index (Phi) is 5.58. The van der Waals surface area contributed by atoms with E-state index in [0.717, 1.165) is 31.6 Å². The summed E-state index contributed by atoms with van der Waals surface area (Å²) >= 11 is 1.88. The Bertz CT molecular complexity index is 238. The third kappa shape index (κ3) is 3.37. The highest BCUT2D eigenvalue weighted by Crippen LogP contribution is 2.34. The summed E-state index contributed by atoms with van der Waals surface area (Å²) in [6.45, 7) is 0.768. The minimum absolute atomic E-state index is 0.216. The van der Waals surface area contributed by atoms with E-state index in [9.17, 15) is 4.79 Å². The van der Waals surface area contributed by atoms with Crippen LogP contribution in [0.15, 0.2) is 0 Å². The van der Waals surface area contributed by atoms with Crippen LogP contribution in [0.5, 0.6) is 0 Å². The lowest BCUT2D eigenvalue weighted by molar-refractivity contribution is -0.125. The van der Waals surface area contributed by atoms with E-state index < -0.39 is 5.54 Å². The van der Waals surface area contributed by atoms with Gasteiger partial charge in [-0.15, -0.1) is 0 Å². The smallest absolute Gasteiger partial charge is 0.237 e. The van der Waals surface area contributed by atoms with Crippen molar-refractivity contribution in [3.8, 4) is 0 Å². The SMILES string of the molecule is CNC1(C(N)=O)CCCC(SCCOC)C1. The topological polar surface area (TPSA) is 64.3 Å². The van der Waals surface area contributed by atoms with Crippen molar-refractivity contribution < 1.29 is 9.53 Å². The summed E-state index contributed by atoms with van der Waals surface area (Å²) < 4.78 is 5.03. The molecule has 0 saturated heterocycles. The summed E-state index contributed by atoms with van der Waals surface area (Å²) in [6, 6.07) is 0. The van der Waals surface area contributed by atoms with E-state index in [2.05, 4.69) is 5.32 Å². The molecule has 94 valence electrons. The number of hydrogen-bond donors (Lipinski definition) is 2. The fraction of sp³-hybridized carbons (Fsp3) is 0.909. The van der Waals surface area contributed by atoms with Crippen molar-refractivity contribution in [2.45, 2.75) is 36.5 Å². The quantitative estimate of drug-likeness (QED) is 0.679. The van der Waals surface area contributed by atoms with Crippen molar-refractivity contribution in [2.24, 2.45) is 5.73 Å². The molecular formula is C11H22N2O2S. The lowest BCUT2D eigenvalue weighted by Gasteiger charge is -2.38. The number of nitrogens with two attached hydrogens (primary N) is 1. The third-order valence-electron chi connectivity index (χ3n) is 3.30. The van der Waals surface area contributed by atoms with E-state index in [1.54, 1.807) is 7.11 Å². The van der Waals surface area contributed by atoms with E-state index in [1.165, 1.54) is 6.42 Å². The number of methoxy groups -OCH3 is 1. The monoisotopic (exact) mass is 246 g/mol. The maximum atomic E-state index is 11.5. The van der Waals surface area contributed by atoms with Crippen LogP contribution in [0, 0.1) is 0 Å². The minimum atomic E-state index is -0.483. The Morgan fingerprint density at radius 2 is 2.44 bits per heavy atom. The molecule has 16 heavy (non-hydrogen) atoms. The van der Waals surface area contributed by atoms with E-state index in [0.29, 0.717) is 5.25 Å². The van der Waals surface area contributed by atoms with Crippen molar-refractivity contribution in [2.75, 3.05) is 26.5 Å². The van der Waals surface area contributed by atoms with E-state index in [4.69, 9.17) is 10.5 Å². The van der Waals surface area contributed by atoms with Crippen LogP contribution in [0.1, 0.15) is 25.7 Å². The van der Waals surface area contributed by atoms with Gasteiger partial charge >= 0.3 is 0 Å². The normalized spacial score (nSPS) is 30.2. The number of likely N-dealkylation sites (N-methyl/N-ethyl adjacent to an activating group) is 1. The number of primary amides is 1. The fourth-order valence-electron chi connectivity index (χ4n) is 2.24. The van der Waals surface area contributed by atoms with Crippen LogP contribution in [0.25, 0.3) is 0 Å². The Hall–Kier alpha value is -0.260. The van der Waals surface area contributed by atoms with Crippen LogP contribution in [0.4, 0.5) is 0 Å². The molecule has 2 unspecified atom stereocenters. The predicted octanol–water partition coefficient (Wildman–Crippen LogP) is 0.752. The zero-order valence-corrected chi connectivity index (χ0v) is 10.9. The molecule has 1 aliphatic rings. The lowest BCUT2D eigenvalue weighted by atomic mass is 9.81. The van der Waals surface area contributed by atoms with Crippen LogP contribution in [0.3, 0.4) is 0 Å². The highest BCUT2D eigenvalue weighted by Gasteiger charge is 2.39. The first-order chi connectivity index (χ1) is 7.64. The molecule has 3 N–H and O–H groups in total. The van der Waals surface area contributed by atoms with Crippen molar-refractivity contribution in [1.29, 1.82) is 0 Å². The van der Waals surface area contributed by atoms with E-state index in [-0.39, 0.29) is 5.91 Å².